The molecule has 0 aliphatic rings. The molecule has 0 saturated carbocycles. The first-order valence-electron chi connectivity index (χ1n) is 5.39. The third kappa shape index (κ3) is 4.08. The highest BCUT2D eigenvalue weighted by atomic mass is 19.1. The number of carbonyl (C=O) groups excluding carboxylic acids is 2. The maximum absolute atomic E-state index is 13.2. The van der Waals surface area contributed by atoms with Crippen LogP contribution in [0.5, 0.6) is 0 Å². The van der Waals surface area contributed by atoms with Crippen molar-refractivity contribution in [2.24, 2.45) is 0 Å². The summed E-state index contributed by atoms with van der Waals surface area (Å²) in [5.74, 6) is -1.89. The molecule has 0 aliphatic heterocycles. The largest absolute Gasteiger partial charge is 0.356 e. The Hall–Kier alpha value is -2.04. The second-order valence-electron chi connectivity index (χ2n) is 3.69. The number of amides is 1. The summed E-state index contributed by atoms with van der Waals surface area (Å²) in [7, 11) is 0. The summed E-state index contributed by atoms with van der Waals surface area (Å²) in [4.78, 5) is 21.0. The van der Waals surface area contributed by atoms with Crippen LogP contribution >= 0.6 is 0 Å². The summed E-state index contributed by atoms with van der Waals surface area (Å²) in [6, 6.07) is 2.17. The summed E-state index contributed by atoms with van der Waals surface area (Å²) in [5, 5.41) is 2.59. The molecule has 1 aromatic rings. The Morgan fingerprint density at radius 1 is 1.33 bits per heavy atom. The maximum Gasteiger partial charge on any atom is 0.216 e. The van der Waals surface area contributed by atoms with E-state index in [1.165, 1.54) is 13.0 Å². The summed E-state index contributed by atoms with van der Waals surface area (Å²) >= 11 is 0. The van der Waals surface area contributed by atoms with E-state index in [0.29, 0.717) is 18.5 Å². The molecule has 0 unspecified atom stereocenters. The Balaban J connectivity index is 2.65. The highest BCUT2D eigenvalue weighted by Gasteiger charge is 2.08. The fourth-order valence-corrected chi connectivity index (χ4v) is 1.36. The molecule has 0 fully saturated rings. The second kappa shape index (κ2) is 6.64. The quantitative estimate of drug-likeness (QED) is 0.646. The zero-order valence-corrected chi connectivity index (χ0v) is 9.87. The van der Waals surface area contributed by atoms with Crippen molar-refractivity contribution in [3.05, 3.63) is 41.0 Å². The van der Waals surface area contributed by atoms with Crippen LogP contribution in [0.1, 0.15) is 29.3 Å². The smallest absolute Gasteiger partial charge is 0.216 e. The van der Waals surface area contributed by atoms with Crippen molar-refractivity contribution in [1.29, 1.82) is 0 Å². The molecule has 0 aliphatic carbocycles. The van der Waals surface area contributed by atoms with Crippen LogP contribution < -0.4 is 5.32 Å². The number of benzene rings is 1. The van der Waals surface area contributed by atoms with Crippen LogP contribution in [0, 0.1) is 11.6 Å². The van der Waals surface area contributed by atoms with Gasteiger partial charge in [-0.05, 0) is 24.1 Å². The van der Waals surface area contributed by atoms with E-state index in [1.54, 1.807) is 6.08 Å². The Bertz CT molecular complexity index is 461. The normalized spacial score (nSPS) is 10.6. The molecule has 5 heteroatoms. The molecule has 1 rings (SSSR count). The molecule has 1 aromatic carbocycles. The van der Waals surface area contributed by atoms with Gasteiger partial charge in [-0.2, -0.15) is 0 Å². The van der Waals surface area contributed by atoms with Crippen molar-refractivity contribution < 1.29 is 18.4 Å². The molecule has 0 bridgehead atoms. The second-order valence-corrected chi connectivity index (χ2v) is 3.69. The lowest BCUT2D eigenvalue weighted by Gasteiger charge is -2.00. The van der Waals surface area contributed by atoms with E-state index in [0.717, 1.165) is 12.1 Å². The first-order chi connectivity index (χ1) is 8.54. The van der Waals surface area contributed by atoms with Gasteiger partial charge in [0.2, 0.25) is 5.91 Å². The highest BCUT2D eigenvalue weighted by molar-refractivity contribution is 5.76. The molecule has 1 N–H and O–H groups in total. The fraction of sp³-hybridized carbons (Fsp3) is 0.231. The Labute approximate surface area is 104 Å². The van der Waals surface area contributed by atoms with Gasteiger partial charge in [0.1, 0.15) is 11.6 Å². The van der Waals surface area contributed by atoms with Crippen molar-refractivity contribution in [2.45, 2.75) is 13.3 Å². The number of carbonyl (C=O) groups is 2. The topological polar surface area (TPSA) is 46.2 Å². The molecule has 3 nitrogen and oxygen atoms in total. The van der Waals surface area contributed by atoms with Gasteiger partial charge in [0.05, 0.1) is 5.56 Å². The molecule has 0 heterocycles. The van der Waals surface area contributed by atoms with Gasteiger partial charge in [-0.3, -0.25) is 9.59 Å². The minimum absolute atomic E-state index is 0.129. The minimum atomic E-state index is -0.883. The Morgan fingerprint density at radius 2 is 1.94 bits per heavy atom. The maximum atomic E-state index is 13.2. The third-order valence-corrected chi connectivity index (χ3v) is 2.21. The van der Waals surface area contributed by atoms with Crippen molar-refractivity contribution >= 4 is 18.3 Å². The average Bonchev–Trinajstić information content (AvgIpc) is 2.27. The van der Waals surface area contributed by atoms with Crippen LogP contribution in [-0.2, 0) is 4.79 Å². The van der Waals surface area contributed by atoms with E-state index in [-0.39, 0.29) is 12.2 Å². The van der Waals surface area contributed by atoms with Crippen LogP contribution in [0.25, 0.3) is 6.08 Å². The molecular formula is C13H13F2NO2. The van der Waals surface area contributed by atoms with E-state index >= 15 is 0 Å². The first-order valence-corrected chi connectivity index (χ1v) is 5.39. The fourth-order valence-electron chi connectivity index (χ4n) is 1.36. The van der Waals surface area contributed by atoms with E-state index in [1.807, 2.05) is 0 Å². The molecular weight excluding hydrogens is 240 g/mol. The van der Waals surface area contributed by atoms with Crippen molar-refractivity contribution in [3.8, 4) is 0 Å². The van der Waals surface area contributed by atoms with Crippen molar-refractivity contribution in [2.75, 3.05) is 6.54 Å². The average molecular weight is 253 g/mol. The number of halogens is 2. The number of hydrogen-bond acceptors (Lipinski definition) is 2. The Morgan fingerprint density at radius 3 is 2.44 bits per heavy atom. The molecule has 1 amide bonds. The lowest BCUT2D eigenvalue weighted by molar-refractivity contribution is -0.118. The van der Waals surface area contributed by atoms with Crippen LogP contribution in [0.3, 0.4) is 0 Å². The van der Waals surface area contributed by atoms with E-state index < -0.39 is 17.2 Å². The van der Waals surface area contributed by atoms with Gasteiger partial charge in [0, 0.05) is 13.5 Å². The van der Waals surface area contributed by atoms with Crippen LogP contribution in [0.4, 0.5) is 8.78 Å². The zero-order chi connectivity index (χ0) is 13.5. The number of hydrogen-bond donors (Lipinski definition) is 1. The van der Waals surface area contributed by atoms with Crippen LogP contribution in [0.15, 0.2) is 18.2 Å². The number of rotatable bonds is 5. The van der Waals surface area contributed by atoms with E-state index in [4.69, 9.17) is 0 Å². The summed E-state index contributed by atoms with van der Waals surface area (Å²) in [6.07, 6.45) is 3.92. The van der Waals surface area contributed by atoms with Crippen molar-refractivity contribution in [3.63, 3.8) is 0 Å². The molecule has 18 heavy (non-hydrogen) atoms. The van der Waals surface area contributed by atoms with Gasteiger partial charge in [-0.15, -0.1) is 0 Å². The monoisotopic (exact) mass is 253 g/mol. The third-order valence-electron chi connectivity index (χ3n) is 2.21. The predicted molar refractivity (Wildman–Crippen MR) is 64.1 cm³/mol. The van der Waals surface area contributed by atoms with Gasteiger partial charge in [0.15, 0.2) is 6.29 Å². The zero-order valence-electron chi connectivity index (χ0n) is 9.87. The summed E-state index contributed by atoms with van der Waals surface area (Å²) < 4.78 is 26.5. The molecule has 0 atom stereocenters. The van der Waals surface area contributed by atoms with Gasteiger partial charge < -0.3 is 5.32 Å². The lowest BCUT2D eigenvalue weighted by atomic mass is 10.1. The van der Waals surface area contributed by atoms with Gasteiger partial charge in [-0.1, -0.05) is 12.2 Å². The van der Waals surface area contributed by atoms with E-state index in [9.17, 15) is 18.4 Å². The molecule has 0 aromatic heterocycles. The highest BCUT2D eigenvalue weighted by Crippen LogP contribution is 2.14. The number of nitrogens with one attached hydrogen (secondary N) is 1. The van der Waals surface area contributed by atoms with Gasteiger partial charge >= 0.3 is 0 Å². The Kier molecular flexibility index (Phi) is 5.17. The predicted octanol–water partition coefficient (Wildman–Crippen LogP) is 2.32. The SMILES string of the molecule is CC(=O)NCCC=Cc1cc(F)c(C=O)c(F)c1. The van der Waals surface area contributed by atoms with Crippen LogP contribution in [0.2, 0.25) is 0 Å². The number of aldehydes is 1. The van der Waals surface area contributed by atoms with Gasteiger partial charge in [-0.25, -0.2) is 8.78 Å². The van der Waals surface area contributed by atoms with Gasteiger partial charge in [0.25, 0.3) is 0 Å². The molecule has 96 valence electrons. The molecule has 0 radical (unpaired) electrons. The van der Waals surface area contributed by atoms with Crippen molar-refractivity contribution in [1.82, 2.24) is 5.32 Å². The summed E-state index contributed by atoms with van der Waals surface area (Å²) in [6.45, 7) is 1.87. The standard InChI is InChI=1S/C13H13F2NO2/c1-9(18)16-5-3-2-4-10-6-12(14)11(8-17)13(15)7-10/h2,4,6-8H,3,5H2,1H3,(H,16,18). The molecule has 0 saturated heterocycles. The first kappa shape index (κ1) is 14.0. The van der Waals surface area contributed by atoms with Crippen LogP contribution in [-0.4, -0.2) is 18.7 Å². The minimum Gasteiger partial charge on any atom is -0.356 e. The lowest BCUT2D eigenvalue weighted by Crippen LogP contribution is -2.20. The summed E-state index contributed by atoms with van der Waals surface area (Å²) in [5.41, 5.74) is -0.233. The van der Waals surface area contributed by atoms with E-state index in [2.05, 4.69) is 5.32 Å². The molecule has 0 spiro atoms.